The van der Waals surface area contributed by atoms with E-state index in [2.05, 4.69) is 15.8 Å². The molecule has 3 N–H and O–H groups in total. The highest BCUT2D eigenvalue weighted by Crippen LogP contribution is 2.07. The molecule has 0 aromatic carbocycles. The Morgan fingerprint density at radius 1 is 1.37 bits per heavy atom. The average molecular weight is 267 g/mol. The molecule has 1 amide bonds. The minimum absolute atomic E-state index is 0.0905. The molecular weight excluding hydrogens is 250 g/mol. The van der Waals surface area contributed by atoms with Crippen LogP contribution in [0.15, 0.2) is 18.3 Å². The molecule has 0 unspecified atom stereocenters. The third-order valence-electron chi connectivity index (χ3n) is 1.87. The van der Waals surface area contributed by atoms with Crippen molar-refractivity contribution in [3.05, 3.63) is 23.9 Å². The summed E-state index contributed by atoms with van der Waals surface area (Å²) in [4.78, 5) is 25.8. The SMILES string of the molecule is CC(C)(C)OC(=O)NNc1ccc(CC(=O)O)cn1. The molecule has 1 aromatic rings. The summed E-state index contributed by atoms with van der Waals surface area (Å²) in [6.45, 7) is 5.27. The number of carboxylic acids is 1. The molecule has 0 fully saturated rings. The molecule has 0 aliphatic rings. The summed E-state index contributed by atoms with van der Waals surface area (Å²) < 4.78 is 5.02. The van der Waals surface area contributed by atoms with E-state index in [0.29, 0.717) is 11.4 Å². The van der Waals surface area contributed by atoms with Gasteiger partial charge in [0.05, 0.1) is 6.42 Å². The van der Waals surface area contributed by atoms with Crippen LogP contribution in [0.1, 0.15) is 26.3 Å². The lowest BCUT2D eigenvalue weighted by Gasteiger charge is -2.19. The maximum atomic E-state index is 11.3. The summed E-state index contributed by atoms with van der Waals surface area (Å²) in [5.74, 6) is -0.533. The number of anilines is 1. The standard InChI is InChI=1S/C12H17N3O4/c1-12(2,3)19-11(18)15-14-9-5-4-8(7-13-9)6-10(16)17/h4-5,7H,6H2,1-3H3,(H,13,14)(H,15,18)(H,16,17). The van der Waals surface area contributed by atoms with E-state index in [9.17, 15) is 9.59 Å². The topological polar surface area (TPSA) is 101 Å². The van der Waals surface area contributed by atoms with Gasteiger partial charge in [0.1, 0.15) is 11.4 Å². The van der Waals surface area contributed by atoms with Gasteiger partial charge in [-0.25, -0.2) is 15.2 Å². The van der Waals surface area contributed by atoms with Crippen LogP contribution in [0.5, 0.6) is 0 Å². The molecule has 1 aromatic heterocycles. The van der Waals surface area contributed by atoms with E-state index in [1.54, 1.807) is 32.9 Å². The first kappa shape index (κ1) is 14.7. The Balaban J connectivity index is 2.46. The van der Waals surface area contributed by atoms with Crippen molar-refractivity contribution >= 4 is 17.9 Å². The maximum absolute atomic E-state index is 11.3. The van der Waals surface area contributed by atoms with Crippen LogP contribution in [0, 0.1) is 0 Å². The van der Waals surface area contributed by atoms with Gasteiger partial charge in [-0.05, 0) is 32.4 Å². The van der Waals surface area contributed by atoms with Gasteiger partial charge in [-0.2, -0.15) is 0 Å². The number of hydrazine groups is 1. The van der Waals surface area contributed by atoms with E-state index in [1.165, 1.54) is 6.20 Å². The number of carbonyl (C=O) groups is 2. The normalized spacial score (nSPS) is 10.7. The number of aromatic nitrogens is 1. The van der Waals surface area contributed by atoms with Gasteiger partial charge < -0.3 is 9.84 Å². The number of hydrogen-bond acceptors (Lipinski definition) is 5. The van der Waals surface area contributed by atoms with Gasteiger partial charge in [-0.3, -0.25) is 10.2 Å². The average Bonchev–Trinajstić information content (AvgIpc) is 2.25. The van der Waals surface area contributed by atoms with Crippen LogP contribution in [0.4, 0.5) is 10.6 Å². The van der Waals surface area contributed by atoms with Crippen LogP contribution in [0.2, 0.25) is 0 Å². The molecule has 7 nitrogen and oxygen atoms in total. The highest BCUT2D eigenvalue weighted by atomic mass is 16.6. The number of rotatable bonds is 4. The zero-order chi connectivity index (χ0) is 14.5. The third-order valence-corrected chi connectivity index (χ3v) is 1.87. The van der Waals surface area contributed by atoms with E-state index in [0.717, 1.165) is 0 Å². The van der Waals surface area contributed by atoms with Crippen molar-refractivity contribution in [2.45, 2.75) is 32.8 Å². The summed E-state index contributed by atoms with van der Waals surface area (Å²) in [6, 6.07) is 3.18. The first-order valence-corrected chi connectivity index (χ1v) is 5.68. The van der Waals surface area contributed by atoms with Gasteiger partial charge in [0.2, 0.25) is 0 Å². The van der Waals surface area contributed by atoms with Gasteiger partial charge in [-0.15, -0.1) is 0 Å². The van der Waals surface area contributed by atoms with Gasteiger partial charge in [0.15, 0.2) is 0 Å². The fourth-order valence-electron chi connectivity index (χ4n) is 1.20. The Morgan fingerprint density at radius 2 is 2.05 bits per heavy atom. The van der Waals surface area contributed by atoms with E-state index in [4.69, 9.17) is 9.84 Å². The predicted molar refractivity (Wildman–Crippen MR) is 68.6 cm³/mol. The van der Waals surface area contributed by atoms with Crippen LogP contribution in [-0.2, 0) is 16.0 Å². The number of carboxylic acid groups (broad SMARTS) is 1. The van der Waals surface area contributed by atoms with Crippen molar-refractivity contribution in [3.8, 4) is 0 Å². The Labute approximate surface area is 111 Å². The molecule has 0 atom stereocenters. The second-order valence-electron chi connectivity index (χ2n) is 4.87. The molecule has 0 spiro atoms. The van der Waals surface area contributed by atoms with E-state index >= 15 is 0 Å². The summed E-state index contributed by atoms with van der Waals surface area (Å²) in [7, 11) is 0. The largest absolute Gasteiger partial charge is 0.481 e. The first-order chi connectivity index (χ1) is 8.76. The van der Waals surface area contributed by atoms with Crippen molar-refractivity contribution < 1.29 is 19.4 Å². The number of nitrogens with zero attached hydrogens (tertiary/aromatic N) is 1. The van der Waals surface area contributed by atoms with Crippen molar-refractivity contribution in [1.82, 2.24) is 10.4 Å². The molecule has 0 aliphatic carbocycles. The summed E-state index contributed by atoms with van der Waals surface area (Å²) in [6.07, 6.45) is 0.712. The third kappa shape index (κ3) is 6.25. The van der Waals surface area contributed by atoms with E-state index in [1.807, 2.05) is 0 Å². The summed E-state index contributed by atoms with van der Waals surface area (Å²) in [5.41, 5.74) is 4.89. The Morgan fingerprint density at radius 3 is 2.53 bits per heavy atom. The van der Waals surface area contributed by atoms with Crippen molar-refractivity contribution in [1.29, 1.82) is 0 Å². The van der Waals surface area contributed by atoms with E-state index in [-0.39, 0.29) is 6.42 Å². The van der Waals surface area contributed by atoms with Gasteiger partial charge >= 0.3 is 12.1 Å². The minimum Gasteiger partial charge on any atom is -0.481 e. The number of ether oxygens (including phenoxy) is 1. The molecular formula is C12H17N3O4. The van der Waals surface area contributed by atoms with Crippen LogP contribution in [-0.4, -0.2) is 27.8 Å². The highest BCUT2D eigenvalue weighted by molar-refractivity contribution is 5.70. The van der Waals surface area contributed by atoms with Crippen molar-refractivity contribution in [3.63, 3.8) is 0 Å². The number of carbonyl (C=O) groups excluding carboxylic acids is 1. The fourth-order valence-corrected chi connectivity index (χ4v) is 1.20. The smallest absolute Gasteiger partial charge is 0.426 e. The lowest BCUT2D eigenvalue weighted by atomic mass is 10.2. The first-order valence-electron chi connectivity index (χ1n) is 5.68. The second-order valence-corrected chi connectivity index (χ2v) is 4.87. The summed E-state index contributed by atoms with van der Waals surface area (Å²) in [5, 5.41) is 8.60. The number of hydrogen-bond donors (Lipinski definition) is 3. The van der Waals surface area contributed by atoms with Crippen molar-refractivity contribution in [2.75, 3.05) is 5.43 Å². The van der Waals surface area contributed by atoms with Gasteiger partial charge in [0, 0.05) is 6.20 Å². The highest BCUT2D eigenvalue weighted by Gasteiger charge is 2.15. The molecule has 0 bridgehead atoms. The van der Waals surface area contributed by atoms with Crippen LogP contribution >= 0.6 is 0 Å². The second kappa shape index (κ2) is 6.03. The van der Waals surface area contributed by atoms with Crippen LogP contribution < -0.4 is 10.9 Å². The number of nitrogens with one attached hydrogen (secondary N) is 2. The zero-order valence-corrected chi connectivity index (χ0v) is 11.1. The molecule has 0 saturated heterocycles. The lowest BCUT2D eigenvalue weighted by Crippen LogP contribution is -2.36. The minimum atomic E-state index is -0.922. The molecule has 104 valence electrons. The quantitative estimate of drug-likeness (QED) is 0.716. The van der Waals surface area contributed by atoms with E-state index < -0.39 is 17.7 Å². The molecule has 0 aliphatic heterocycles. The fraction of sp³-hybridized carbons (Fsp3) is 0.417. The van der Waals surface area contributed by atoms with Crippen LogP contribution in [0.3, 0.4) is 0 Å². The molecule has 1 rings (SSSR count). The van der Waals surface area contributed by atoms with Gasteiger partial charge in [0.25, 0.3) is 0 Å². The van der Waals surface area contributed by atoms with Gasteiger partial charge in [-0.1, -0.05) is 6.07 Å². The molecule has 1 heterocycles. The summed E-state index contributed by atoms with van der Waals surface area (Å²) >= 11 is 0. The molecule has 19 heavy (non-hydrogen) atoms. The lowest BCUT2D eigenvalue weighted by molar-refractivity contribution is -0.136. The monoisotopic (exact) mass is 267 g/mol. The number of pyridine rings is 1. The van der Waals surface area contributed by atoms with Crippen molar-refractivity contribution in [2.24, 2.45) is 0 Å². The Hall–Kier alpha value is -2.31. The molecule has 0 radical (unpaired) electrons. The Bertz CT molecular complexity index is 451. The molecule has 7 heteroatoms. The number of aliphatic carboxylic acids is 1. The molecule has 0 saturated carbocycles. The number of amides is 1. The zero-order valence-electron chi connectivity index (χ0n) is 11.1. The maximum Gasteiger partial charge on any atom is 0.426 e. The Kier molecular flexibility index (Phi) is 4.68. The predicted octanol–water partition coefficient (Wildman–Crippen LogP) is 1.56. The van der Waals surface area contributed by atoms with Crippen LogP contribution in [0.25, 0.3) is 0 Å².